The molecule has 2 aliphatic rings. The van der Waals surface area contributed by atoms with E-state index in [1.54, 1.807) is 7.11 Å². The fourth-order valence-corrected chi connectivity index (χ4v) is 3.94. The van der Waals surface area contributed by atoms with Crippen molar-refractivity contribution in [3.63, 3.8) is 0 Å². The van der Waals surface area contributed by atoms with Gasteiger partial charge in [0.1, 0.15) is 0 Å². The van der Waals surface area contributed by atoms with Crippen LogP contribution in [0.25, 0.3) is 0 Å². The summed E-state index contributed by atoms with van der Waals surface area (Å²) in [5.74, 6) is 2.58. The SMILES string of the molecule is CCNC(=NCC1(CCOC)CCCC1)NCCc1ccc2c(c1)OCO2. The van der Waals surface area contributed by atoms with Crippen LogP contribution in [0.15, 0.2) is 23.2 Å². The molecule has 1 aliphatic carbocycles. The number of hydrogen-bond donors (Lipinski definition) is 2. The summed E-state index contributed by atoms with van der Waals surface area (Å²) in [4.78, 5) is 4.90. The van der Waals surface area contributed by atoms with E-state index in [-0.39, 0.29) is 0 Å². The third-order valence-electron chi connectivity index (χ3n) is 5.56. The van der Waals surface area contributed by atoms with Gasteiger partial charge in [-0.15, -0.1) is 0 Å². The van der Waals surface area contributed by atoms with Crippen LogP contribution in [0.4, 0.5) is 0 Å². The first-order valence-electron chi connectivity index (χ1n) is 10.1. The lowest BCUT2D eigenvalue weighted by Crippen LogP contribution is -2.39. The summed E-state index contributed by atoms with van der Waals surface area (Å²) in [5.41, 5.74) is 1.55. The van der Waals surface area contributed by atoms with Gasteiger partial charge in [0.2, 0.25) is 6.79 Å². The van der Waals surface area contributed by atoms with Crippen LogP contribution in [-0.4, -0.2) is 46.1 Å². The maximum atomic E-state index is 5.45. The first-order chi connectivity index (χ1) is 13.2. The molecule has 0 spiro atoms. The molecule has 6 nitrogen and oxygen atoms in total. The van der Waals surface area contributed by atoms with Gasteiger partial charge in [-0.2, -0.15) is 0 Å². The van der Waals surface area contributed by atoms with Crippen LogP contribution in [0.5, 0.6) is 11.5 Å². The van der Waals surface area contributed by atoms with Gasteiger partial charge < -0.3 is 24.8 Å². The fraction of sp³-hybridized carbons (Fsp3) is 0.667. The third-order valence-corrected chi connectivity index (χ3v) is 5.56. The normalized spacial score (nSPS) is 17.9. The van der Waals surface area contributed by atoms with Crippen LogP contribution in [0.1, 0.15) is 44.6 Å². The number of hydrogen-bond acceptors (Lipinski definition) is 4. The first kappa shape index (κ1) is 19.8. The van der Waals surface area contributed by atoms with Crippen molar-refractivity contribution in [1.82, 2.24) is 10.6 Å². The Hall–Kier alpha value is -1.95. The van der Waals surface area contributed by atoms with Gasteiger partial charge in [0, 0.05) is 33.4 Å². The van der Waals surface area contributed by atoms with Crippen molar-refractivity contribution in [2.75, 3.05) is 40.1 Å². The summed E-state index contributed by atoms with van der Waals surface area (Å²) in [6.45, 7) is 5.81. The summed E-state index contributed by atoms with van der Waals surface area (Å²) in [6.07, 6.45) is 7.16. The van der Waals surface area contributed by atoms with Gasteiger partial charge in [-0.05, 0) is 55.7 Å². The standard InChI is InChI=1S/C21H33N3O3/c1-3-22-20(24-15-21(11-13-25-2)9-4-5-10-21)23-12-8-17-6-7-18-19(14-17)27-16-26-18/h6-7,14H,3-5,8-13,15-16H2,1-2H3,(H2,22,23,24). The minimum atomic E-state index is 0.315. The van der Waals surface area contributed by atoms with Crippen molar-refractivity contribution in [3.05, 3.63) is 23.8 Å². The highest BCUT2D eigenvalue weighted by atomic mass is 16.7. The van der Waals surface area contributed by atoms with E-state index in [1.807, 2.05) is 6.07 Å². The van der Waals surface area contributed by atoms with E-state index in [2.05, 4.69) is 29.7 Å². The van der Waals surface area contributed by atoms with Crippen molar-refractivity contribution in [2.24, 2.45) is 10.4 Å². The second kappa shape index (κ2) is 9.83. The highest BCUT2D eigenvalue weighted by molar-refractivity contribution is 5.79. The Balaban J connectivity index is 1.52. The molecular formula is C21H33N3O3. The van der Waals surface area contributed by atoms with Gasteiger partial charge in [0.05, 0.1) is 0 Å². The molecule has 1 aromatic carbocycles. The molecule has 1 fully saturated rings. The van der Waals surface area contributed by atoms with Gasteiger partial charge >= 0.3 is 0 Å². The number of methoxy groups -OCH3 is 1. The molecule has 1 aliphatic heterocycles. The predicted octanol–water partition coefficient (Wildman–Crippen LogP) is 3.11. The second-order valence-corrected chi connectivity index (χ2v) is 7.51. The Kier molecular flexibility index (Phi) is 7.21. The molecule has 0 saturated heterocycles. The van der Waals surface area contributed by atoms with E-state index in [0.717, 1.165) is 56.5 Å². The third kappa shape index (κ3) is 5.51. The van der Waals surface area contributed by atoms with Gasteiger partial charge in [-0.1, -0.05) is 18.9 Å². The smallest absolute Gasteiger partial charge is 0.231 e. The number of nitrogens with one attached hydrogen (secondary N) is 2. The number of aliphatic imine (C=N–C) groups is 1. The van der Waals surface area contributed by atoms with Crippen molar-refractivity contribution >= 4 is 5.96 Å². The van der Waals surface area contributed by atoms with Crippen molar-refractivity contribution in [3.8, 4) is 11.5 Å². The molecule has 0 radical (unpaired) electrons. The van der Waals surface area contributed by atoms with E-state index in [0.29, 0.717) is 12.2 Å². The molecule has 1 heterocycles. The summed E-state index contributed by atoms with van der Waals surface area (Å²) >= 11 is 0. The van der Waals surface area contributed by atoms with Crippen LogP contribution in [-0.2, 0) is 11.2 Å². The van der Waals surface area contributed by atoms with Crippen LogP contribution < -0.4 is 20.1 Å². The average Bonchev–Trinajstić information content (AvgIpc) is 3.34. The number of benzene rings is 1. The topological polar surface area (TPSA) is 64.1 Å². The molecule has 2 N–H and O–H groups in total. The molecule has 1 saturated carbocycles. The summed E-state index contributed by atoms with van der Waals surface area (Å²) in [5, 5.41) is 6.84. The molecule has 1 aromatic rings. The van der Waals surface area contributed by atoms with Crippen LogP contribution in [0, 0.1) is 5.41 Å². The lowest BCUT2D eigenvalue weighted by Gasteiger charge is -2.27. The Labute approximate surface area is 162 Å². The van der Waals surface area contributed by atoms with Crippen LogP contribution in [0.2, 0.25) is 0 Å². The zero-order valence-electron chi connectivity index (χ0n) is 16.7. The summed E-state index contributed by atoms with van der Waals surface area (Å²) < 4.78 is 16.2. The van der Waals surface area contributed by atoms with Crippen LogP contribution >= 0.6 is 0 Å². The molecule has 0 aromatic heterocycles. The lowest BCUT2D eigenvalue weighted by atomic mass is 9.83. The highest BCUT2D eigenvalue weighted by Crippen LogP contribution is 2.41. The zero-order valence-corrected chi connectivity index (χ0v) is 16.7. The molecule has 3 rings (SSSR count). The van der Waals surface area contributed by atoms with Crippen LogP contribution in [0.3, 0.4) is 0 Å². The van der Waals surface area contributed by atoms with Gasteiger partial charge in [-0.25, -0.2) is 0 Å². The maximum absolute atomic E-state index is 5.45. The molecule has 150 valence electrons. The van der Waals surface area contributed by atoms with Crippen molar-refractivity contribution in [2.45, 2.75) is 45.4 Å². The number of ether oxygens (including phenoxy) is 3. The lowest BCUT2D eigenvalue weighted by molar-refractivity contribution is 0.141. The Morgan fingerprint density at radius 3 is 2.78 bits per heavy atom. The average molecular weight is 376 g/mol. The van der Waals surface area contributed by atoms with Gasteiger partial charge in [0.25, 0.3) is 0 Å². The Morgan fingerprint density at radius 1 is 1.19 bits per heavy atom. The zero-order chi connectivity index (χ0) is 19.0. The first-order valence-corrected chi connectivity index (χ1v) is 10.1. The molecule has 0 bridgehead atoms. The number of nitrogens with zero attached hydrogens (tertiary/aromatic N) is 1. The quantitative estimate of drug-likeness (QED) is 0.513. The molecule has 0 atom stereocenters. The van der Waals surface area contributed by atoms with Gasteiger partial charge in [-0.3, -0.25) is 4.99 Å². The monoisotopic (exact) mass is 375 g/mol. The second-order valence-electron chi connectivity index (χ2n) is 7.51. The Bertz CT molecular complexity index is 627. The maximum Gasteiger partial charge on any atom is 0.231 e. The van der Waals surface area contributed by atoms with E-state index < -0.39 is 0 Å². The van der Waals surface area contributed by atoms with E-state index in [9.17, 15) is 0 Å². The van der Waals surface area contributed by atoms with Crippen molar-refractivity contribution in [1.29, 1.82) is 0 Å². The molecule has 6 heteroatoms. The predicted molar refractivity (Wildman–Crippen MR) is 108 cm³/mol. The Morgan fingerprint density at radius 2 is 2.00 bits per heavy atom. The fourth-order valence-electron chi connectivity index (χ4n) is 3.94. The number of guanidine groups is 1. The molecule has 0 unspecified atom stereocenters. The highest BCUT2D eigenvalue weighted by Gasteiger charge is 2.33. The largest absolute Gasteiger partial charge is 0.454 e. The van der Waals surface area contributed by atoms with Gasteiger partial charge in [0.15, 0.2) is 17.5 Å². The summed E-state index contributed by atoms with van der Waals surface area (Å²) in [7, 11) is 1.79. The minimum Gasteiger partial charge on any atom is -0.454 e. The molecule has 0 amide bonds. The number of fused-ring (bicyclic) bond motifs is 1. The van der Waals surface area contributed by atoms with E-state index in [4.69, 9.17) is 19.2 Å². The molecular weight excluding hydrogens is 342 g/mol. The minimum absolute atomic E-state index is 0.315. The summed E-state index contributed by atoms with van der Waals surface area (Å²) in [6, 6.07) is 6.14. The van der Waals surface area contributed by atoms with E-state index in [1.165, 1.54) is 31.2 Å². The number of rotatable bonds is 9. The van der Waals surface area contributed by atoms with E-state index >= 15 is 0 Å². The molecule has 27 heavy (non-hydrogen) atoms. The van der Waals surface area contributed by atoms with Crippen molar-refractivity contribution < 1.29 is 14.2 Å².